The topological polar surface area (TPSA) is 110 Å². The highest BCUT2D eigenvalue weighted by Crippen LogP contribution is 2.18. The Morgan fingerprint density at radius 1 is 1.30 bits per heavy atom. The predicted octanol–water partition coefficient (Wildman–Crippen LogP) is -0.556. The quantitative estimate of drug-likeness (QED) is 0.597. The normalized spacial score (nSPS) is 21.3. The fourth-order valence-electron chi connectivity index (χ4n) is 3.25. The highest BCUT2D eigenvalue weighted by Gasteiger charge is 2.30. The average Bonchev–Trinajstić information content (AvgIpc) is 3.10. The molecule has 3 rings (SSSR count). The van der Waals surface area contributed by atoms with E-state index in [2.05, 4.69) is 25.2 Å². The van der Waals surface area contributed by atoms with Gasteiger partial charge in [-0.15, -0.1) is 0 Å². The van der Waals surface area contributed by atoms with Crippen LogP contribution in [0.2, 0.25) is 0 Å². The van der Waals surface area contributed by atoms with Gasteiger partial charge < -0.3 is 19.7 Å². The van der Waals surface area contributed by atoms with E-state index in [9.17, 15) is 9.59 Å². The Morgan fingerprint density at radius 2 is 2.11 bits per heavy atom. The molecule has 0 aromatic carbocycles. The van der Waals surface area contributed by atoms with Crippen LogP contribution >= 0.6 is 0 Å². The van der Waals surface area contributed by atoms with Crippen LogP contribution in [0.1, 0.15) is 18.5 Å². The Bertz CT molecular complexity index is 631. The van der Waals surface area contributed by atoms with Crippen LogP contribution in [0, 0.1) is 12.8 Å². The zero-order valence-electron chi connectivity index (χ0n) is 15.7. The molecule has 3 heterocycles. The molecule has 2 aliphatic rings. The van der Waals surface area contributed by atoms with Gasteiger partial charge in [0.2, 0.25) is 11.8 Å². The number of carbonyl (C=O) groups excluding carboxylic acids is 2. The van der Waals surface area contributed by atoms with Gasteiger partial charge in [0.05, 0.1) is 25.7 Å². The van der Waals surface area contributed by atoms with Crippen LogP contribution in [-0.2, 0) is 14.3 Å². The first kappa shape index (κ1) is 19.6. The van der Waals surface area contributed by atoms with Crippen molar-refractivity contribution in [2.45, 2.75) is 19.8 Å². The van der Waals surface area contributed by atoms with Crippen molar-refractivity contribution < 1.29 is 23.7 Å². The van der Waals surface area contributed by atoms with Gasteiger partial charge in [-0.2, -0.15) is 0 Å². The third-order valence-electron chi connectivity index (χ3n) is 4.91. The minimum Gasteiger partial charge on any atom is -0.472 e. The molecular formula is C17H27N5O5. The predicted molar refractivity (Wildman–Crippen MR) is 94.1 cm³/mol. The summed E-state index contributed by atoms with van der Waals surface area (Å²) in [6, 6.07) is 0. The van der Waals surface area contributed by atoms with E-state index >= 15 is 0 Å². The number of likely N-dealkylation sites (tertiary alicyclic amines) is 1. The van der Waals surface area contributed by atoms with Crippen LogP contribution in [-0.4, -0.2) is 91.0 Å². The van der Waals surface area contributed by atoms with E-state index in [-0.39, 0.29) is 24.3 Å². The standard InChI is InChI=1S/C17H27N5O5/c1-13-17(20-27-19-13)26-9-4-18-16(24)14-2-3-15(23)22(12-14)6-5-21-7-10-25-11-8-21/h14H,2-12H2,1H3,(H,18,24)/t14-/m0/s1. The van der Waals surface area contributed by atoms with Crippen molar-refractivity contribution in [1.82, 2.24) is 25.4 Å². The molecule has 2 aliphatic heterocycles. The van der Waals surface area contributed by atoms with Gasteiger partial charge in [-0.25, -0.2) is 4.63 Å². The number of nitrogens with one attached hydrogen (secondary N) is 1. The summed E-state index contributed by atoms with van der Waals surface area (Å²) < 4.78 is 15.3. The monoisotopic (exact) mass is 381 g/mol. The molecule has 2 amide bonds. The van der Waals surface area contributed by atoms with Gasteiger partial charge in [0, 0.05) is 39.1 Å². The number of morpholine rings is 1. The van der Waals surface area contributed by atoms with E-state index in [1.165, 1.54) is 0 Å². The summed E-state index contributed by atoms with van der Waals surface area (Å²) in [5.74, 6) is 0.242. The lowest BCUT2D eigenvalue weighted by atomic mass is 9.96. The van der Waals surface area contributed by atoms with E-state index in [1.807, 2.05) is 4.90 Å². The van der Waals surface area contributed by atoms with Gasteiger partial charge in [0.1, 0.15) is 12.3 Å². The molecular weight excluding hydrogens is 354 g/mol. The minimum atomic E-state index is -0.178. The van der Waals surface area contributed by atoms with E-state index in [1.54, 1.807) is 6.92 Å². The third kappa shape index (κ3) is 5.64. The fraction of sp³-hybridized carbons (Fsp3) is 0.765. The lowest BCUT2D eigenvalue weighted by Gasteiger charge is -2.34. The molecule has 27 heavy (non-hydrogen) atoms. The van der Waals surface area contributed by atoms with E-state index < -0.39 is 0 Å². The second-order valence-corrected chi connectivity index (χ2v) is 6.82. The summed E-state index contributed by atoms with van der Waals surface area (Å²) in [7, 11) is 0. The highest BCUT2D eigenvalue weighted by atomic mass is 16.6. The first-order valence-corrected chi connectivity index (χ1v) is 9.41. The summed E-state index contributed by atoms with van der Waals surface area (Å²) in [5.41, 5.74) is 0.572. The van der Waals surface area contributed by atoms with Crippen LogP contribution in [0.15, 0.2) is 4.63 Å². The second kappa shape index (κ2) is 9.65. The number of amides is 2. The Labute approximate surface area is 158 Å². The van der Waals surface area contributed by atoms with Crippen LogP contribution in [0.4, 0.5) is 0 Å². The van der Waals surface area contributed by atoms with Crippen molar-refractivity contribution in [2.75, 3.05) is 59.1 Å². The molecule has 0 radical (unpaired) electrons. The largest absolute Gasteiger partial charge is 0.472 e. The van der Waals surface area contributed by atoms with Gasteiger partial charge in [-0.3, -0.25) is 14.5 Å². The van der Waals surface area contributed by atoms with Crippen LogP contribution in [0.5, 0.6) is 5.88 Å². The van der Waals surface area contributed by atoms with Gasteiger partial charge in [0.15, 0.2) is 0 Å². The smallest absolute Gasteiger partial charge is 0.278 e. The Hall–Kier alpha value is -2.20. The van der Waals surface area contributed by atoms with Crippen LogP contribution in [0.25, 0.3) is 0 Å². The van der Waals surface area contributed by atoms with E-state index in [4.69, 9.17) is 9.47 Å². The van der Waals surface area contributed by atoms with Crippen molar-refractivity contribution in [3.05, 3.63) is 5.69 Å². The summed E-state index contributed by atoms with van der Waals surface area (Å²) in [6.07, 6.45) is 1.01. The highest BCUT2D eigenvalue weighted by molar-refractivity contribution is 5.83. The SMILES string of the molecule is Cc1nonc1OCCNC(=O)[C@H]1CCC(=O)N(CCN2CCOCC2)C1. The maximum Gasteiger partial charge on any atom is 0.278 e. The van der Waals surface area contributed by atoms with Crippen molar-refractivity contribution >= 4 is 11.8 Å². The summed E-state index contributed by atoms with van der Waals surface area (Å²) in [5, 5.41) is 10.1. The molecule has 0 unspecified atom stereocenters. The third-order valence-corrected chi connectivity index (χ3v) is 4.91. The van der Waals surface area contributed by atoms with Gasteiger partial charge in [-0.05, 0) is 18.5 Å². The summed E-state index contributed by atoms with van der Waals surface area (Å²) in [6.45, 7) is 7.61. The molecule has 2 fully saturated rings. The van der Waals surface area contributed by atoms with Crippen molar-refractivity contribution in [1.29, 1.82) is 0 Å². The number of rotatable bonds is 8. The molecule has 1 atom stereocenters. The lowest BCUT2D eigenvalue weighted by molar-refractivity contribution is -0.138. The molecule has 10 heteroatoms. The average molecular weight is 381 g/mol. The Balaban J connectivity index is 1.37. The van der Waals surface area contributed by atoms with Crippen molar-refractivity contribution in [3.8, 4) is 5.88 Å². The summed E-state index contributed by atoms with van der Waals surface area (Å²) >= 11 is 0. The van der Waals surface area contributed by atoms with E-state index in [0.29, 0.717) is 44.0 Å². The molecule has 0 spiro atoms. The maximum absolute atomic E-state index is 12.4. The summed E-state index contributed by atoms with van der Waals surface area (Å²) in [4.78, 5) is 28.7. The van der Waals surface area contributed by atoms with Gasteiger partial charge in [-0.1, -0.05) is 5.16 Å². The molecule has 2 saturated heterocycles. The first-order chi connectivity index (χ1) is 13.1. The first-order valence-electron chi connectivity index (χ1n) is 9.41. The number of ether oxygens (including phenoxy) is 2. The maximum atomic E-state index is 12.4. The minimum absolute atomic E-state index is 0.0440. The molecule has 0 bridgehead atoms. The zero-order valence-corrected chi connectivity index (χ0v) is 15.7. The molecule has 1 aromatic heterocycles. The number of hydrogen-bond acceptors (Lipinski definition) is 8. The van der Waals surface area contributed by atoms with Gasteiger partial charge in [0.25, 0.3) is 5.88 Å². The molecule has 10 nitrogen and oxygen atoms in total. The number of hydrogen-bond donors (Lipinski definition) is 1. The number of nitrogens with zero attached hydrogens (tertiary/aromatic N) is 4. The molecule has 0 saturated carbocycles. The van der Waals surface area contributed by atoms with Crippen LogP contribution < -0.4 is 10.1 Å². The number of aryl methyl sites for hydroxylation is 1. The Morgan fingerprint density at radius 3 is 2.85 bits per heavy atom. The number of piperidine rings is 1. The Kier molecular flexibility index (Phi) is 6.99. The zero-order chi connectivity index (χ0) is 19.1. The van der Waals surface area contributed by atoms with Crippen molar-refractivity contribution in [2.24, 2.45) is 5.92 Å². The van der Waals surface area contributed by atoms with Gasteiger partial charge >= 0.3 is 0 Å². The van der Waals surface area contributed by atoms with Crippen LogP contribution in [0.3, 0.4) is 0 Å². The lowest BCUT2D eigenvalue weighted by Crippen LogP contribution is -2.49. The molecule has 150 valence electrons. The number of carbonyl (C=O) groups is 2. The molecule has 1 N–H and O–H groups in total. The second-order valence-electron chi connectivity index (χ2n) is 6.82. The molecule has 0 aliphatic carbocycles. The van der Waals surface area contributed by atoms with E-state index in [0.717, 1.165) is 32.8 Å². The number of aromatic nitrogens is 2. The molecule has 1 aromatic rings. The fourth-order valence-corrected chi connectivity index (χ4v) is 3.25. The van der Waals surface area contributed by atoms with Crippen molar-refractivity contribution in [3.63, 3.8) is 0 Å².